The van der Waals surface area contributed by atoms with Crippen molar-refractivity contribution in [1.82, 2.24) is 0 Å². The Labute approximate surface area is 147 Å². The van der Waals surface area contributed by atoms with Crippen molar-refractivity contribution in [2.75, 3.05) is 5.75 Å². The van der Waals surface area contributed by atoms with Gasteiger partial charge in [-0.3, -0.25) is 4.79 Å². The molecule has 2 heteroatoms. The smallest absolute Gasteiger partial charge is 0.214 e. The third-order valence-corrected chi connectivity index (χ3v) is 5.14. The van der Waals surface area contributed by atoms with Crippen LogP contribution in [0.25, 0.3) is 0 Å². The summed E-state index contributed by atoms with van der Waals surface area (Å²) in [6.07, 6.45) is 13.1. The highest BCUT2D eigenvalue weighted by Gasteiger charge is 2.01. The molecule has 0 aliphatic carbocycles. The normalized spacial score (nSPS) is 10.7. The second-order valence-electron chi connectivity index (χ2n) is 6.33. The van der Waals surface area contributed by atoms with E-state index in [2.05, 4.69) is 36.9 Å². The fourth-order valence-corrected chi connectivity index (χ4v) is 3.38. The Hall–Kier alpha value is -1.02. The number of hydrogen-bond acceptors (Lipinski definition) is 2. The monoisotopic (exact) mass is 332 g/mol. The first-order valence-electron chi connectivity index (χ1n) is 9.06. The summed E-state index contributed by atoms with van der Waals surface area (Å²) in [6.45, 7) is 5.46. The van der Waals surface area contributed by atoms with Gasteiger partial charge in [-0.15, -0.1) is 0 Å². The highest BCUT2D eigenvalue weighted by Crippen LogP contribution is 2.14. The maximum Gasteiger partial charge on any atom is 0.214 e. The first-order chi connectivity index (χ1) is 11.2. The molecule has 1 aromatic rings. The summed E-state index contributed by atoms with van der Waals surface area (Å²) in [4.78, 5) is 11.4. The molecule has 0 spiro atoms. The zero-order valence-corrected chi connectivity index (χ0v) is 15.5. The maximum atomic E-state index is 11.4. The van der Waals surface area contributed by atoms with Gasteiger partial charge in [0.1, 0.15) is 0 Å². The van der Waals surface area contributed by atoms with E-state index in [-0.39, 0.29) is 5.12 Å². The van der Waals surface area contributed by atoms with E-state index in [0.717, 1.165) is 12.2 Å². The van der Waals surface area contributed by atoms with Crippen LogP contribution in [0.1, 0.15) is 70.3 Å². The molecule has 1 rings (SSSR count). The van der Waals surface area contributed by atoms with Crippen LogP contribution in [0.4, 0.5) is 0 Å². The SMILES string of the molecule is C=C(C)C(=O)SCCCCCCCCCCCc1ccccc1. The van der Waals surface area contributed by atoms with Gasteiger partial charge < -0.3 is 0 Å². The van der Waals surface area contributed by atoms with E-state index >= 15 is 0 Å². The van der Waals surface area contributed by atoms with E-state index in [1.165, 1.54) is 75.1 Å². The molecule has 0 N–H and O–H groups in total. The van der Waals surface area contributed by atoms with Gasteiger partial charge in [-0.2, -0.15) is 0 Å². The standard InChI is InChI=1S/C21H32OS/c1-19(2)21(22)23-18-14-9-7-5-3-4-6-8-11-15-20-16-12-10-13-17-20/h10,12-13,16-17H,1,3-9,11,14-15,18H2,2H3. The predicted molar refractivity (Wildman–Crippen MR) is 104 cm³/mol. The molecule has 128 valence electrons. The minimum absolute atomic E-state index is 0.153. The van der Waals surface area contributed by atoms with Crippen LogP contribution in [0.2, 0.25) is 0 Å². The van der Waals surface area contributed by atoms with E-state index in [1.807, 2.05) is 0 Å². The molecule has 0 aliphatic heterocycles. The van der Waals surface area contributed by atoms with Gasteiger partial charge in [-0.25, -0.2) is 0 Å². The quantitative estimate of drug-likeness (QED) is 0.300. The summed E-state index contributed by atoms with van der Waals surface area (Å²) in [7, 11) is 0. The van der Waals surface area contributed by atoms with E-state index in [0.29, 0.717) is 5.57 Å². The lowest BCUT2D eigenvalue weighted by molar-refractivity contribution is -0.107. The van der Waals surface area contributed by atoms with Crippen LogP contribution in [0.15, 0.2) is 42.5 Å². The zero-order valence-electron chi connectivity index (χ0n) is 14.7. The molecule has 0 amide bonds. The fourth-order valence-electron chi connectivity index (χ4n) is 2.60. The van der Waals surface area contributed by atoms with Gasteiger partial charge in [0.05, 0.1) is 0 Å². The predicted octanol–water partition coefficient (Wildman–Crippen LogP) is 6.58. The Morgan fingerprint density at radius 2 is 1.39 bits per heavy atom. The lowest BCUT2D eigenvalue weighted by Crippen LogP contribution is -1.93. The van der Waals surface area contributed by atoms with Crippen LogP contribution in [0.5, 0.6) is 0 Å². The van der Waals surface area contributed by atoms with Crippen molar-refractivity contribution >= 4 is 16.9 Å². The average molecular weight is 333 g/mol. The maximum absolute atomic E-state index is 11.4. The van der Waals surface area contributed by atoms with Crippen LogP contribution in [-0.2, 0) is 11.2 Å². The number of aryl methyl sites for hydroxylation is 1. The summed E-state index contributed by atoms with van der Waals surface area (Å²) >= 11 is 1.42. The van der Waals surface area contributed by atoms with E-state index in [4.69, 9.17) is 0 Å². The first kappa shape index (κ1) is 20.0. The Morgan fingerprint density at radius 3 is 1.96 bits per heavy atom. The van der Waals surface area contributed by atoms with Crippen molar-refractivity contribution < 1.29 is 4.79 Å². The highest BCUT2D eigenvalue weighted by atomic mass is 32.2. The molecule has 0 aliphatic rings. The lowest BCUT2D eigenvalue weighted by Gasteiger charge is -2.03. The zero-order chi connectivity index (χ0) is 16.8. The van der Waals surface area contributed by atoms with E-state index in [9.17, 15) is 4.79 Å². The van der Waals surface area contributed by atoms with Crippen LogP contribution in [-0.4, -0.2) is 10.9 Å². The molecule has 1 nitrogen and oxygen atoms in total. The summed E-state index contributed by atoms with van der Waals surface area (Å²) < 4.78 is 0. The van der Waals surface area contributed by atoms with Crippen molar-refractivity contribution in [2.24, 2.45) is 0 Å². The molecule has 23 heavy (non-hydrogen) atoms. The lowest BCUT2D eigenvalue weighted by atomic mass is 10.0. The van der Waals surface area contributed by atoms with Crippen LogP contribution in [0, 0.1) is 0 Å². The third-order valence-electron chi connectivity index (χ3n) is 4.03. The topological polar surface area (TPSA) is 17.1 Å². The first-order valence-corrected chi connectivity index (χ1v) is 10.1. The molecule has 0 bridgehead atoms. The number of hydrogen-bond donors (Lipinski definition) is 0. The van der Waals surface area contributed by atoms with Crippen molar-refractivity contribution in [3.05, 3.63) is 48.0 Å². The average Bonchev–Trinajstić information content (AvgIpc) is 2.56. The Kier molecular flexibility index (Phi) is 11.7. The van der Waals surface area contributed by atoms with Crippen molar-refractivity contribution in [3.8, 4) is 0 Å². The molecule has 0 saturated carbocycles. The largest absolute Gasteiger partial charge is 0.282 e. The molecule has 0 saturated heterocycles. The van der Waals surface area contributed by atoms with Gasteiger partial charge in [0.15, 0.2) is 0 Å². The van der Waals surface area contributed by atoms with E-state index < -0.39 is 0 Å². The molecule has 1 aromatic carbocycles. The van der Waals surface area contributed by atoms with Crippen LogP contribution < -0.4 is 0 Å². The molecule has 0 fully saturated rings. The minimum atomic E-state index is 0.153. The van der Waals surface area contributed by atoms with Crippen molar-refractivity contribution in [1.29, 1.82) is 0 Å². The summed E-state index contributed by atoms with van der Waals surface area (Å²) in [5.41, 5.74) is 2.14. The van der Waals surface area contributed by atoms with Gasteiger partial charge in [-0.05, 0) is 37.3 Å². The number of rotatable bonds is 13. The van der Waals surface area contributed by atoms with Gasteiger partial charge in [-0.1, -0.05) is 93.6 Å². The molecule has 0 aromatic heterocycles. The number of unbranched alkanes of at least 4 members (excludes halogenated alkanes) is 8. The van der Waals surface area contributed by atoms with Crippen LogP contribution >= 0.6 is 11.8 Å². The molecular formula is C21H32OS. The molecular weight excluding hydrogens is 300 g/mol. The molecule has 0 radical (unpaired) electrons. The molecule has 0 heterocycles. The summed E-state index contributed by atoms with van der Waals surface area (Å²) in [5, 5.41) is 0.153. The third kappa shape index (κ3) is 11.2. The van der Waals surface area contributed by atoms with Gasteiger partial charge >= 0.3 is 0 Å². The number of carbonyl (C=O) groups is 1. The summed E-state index contributed by atoms with van der Waals surface area (Å²) in [6, 6.07) is 10.8. The molecule has 0 atom stereocenters. The molecule has 0 unspecified atom stereocenters. The second-order valence-corrected chi connectivity index (χ2v) is 7.40. The van der Waals surface area contributed by atoms with Crippen molar-refractivity contribution in [2.45, 2.75) is 71.1 Å². The van der Waals surface area contributed by atoms with Gasteiger partial charge in [0.2, 0.25) is 5.12 Å². The number of thioether (sulfide) groups is 1. The minimum Gasteiger partial charge on any atom is -0.282 e. The fraction of sp³-hybridized carbons (Fsp3) is 0.571. The Morgan fingerprint density at radius 1 is 0.870 bits per heavy atom. The number of benzene rings is 1. The van der Waals surface area contributed by atoms with Crippen molar-refractivity contribution in [3.63, 3.8) is 0 Å². The Balaban J connectivity index is 1.80. The number of carbonyl (C=O) groups excluding carboxylic acids is 1. The van der Waals surface area contributed by atoms with Gasteiger partial charge in [0, 0.05) is 5.75 Å². The highest BCUT2D eigenvalue weighted by molar-refractivity contribution is 8.14. The van der Waals surface area contributed by atoms with Gasteiger partial charge in [0.25, 0.3) is 0 Å². The second kappa shape index (κ2) is 13.4. The van der Waals surface area contributed by atoms with Crippen LogP contribution in [0.3, 0.4) is 0 Å². The summed E-state index contributed by atoms with van der Waals surface area (Å²) in [5.74, 6) is 0.950. The Bertz CT molecular complexity index is 438. The van der Waals surface area contributed by atoms with E-state index in [1.54, 1.807) is 6.92 Å².